The van der Waals surface area contributed by atoms with Crippen LogP contribution in [0.2, 0.25) is 10.0 Å². The molecule has 4 nitrogen and oxygen atoms in total. The van der Waals surface area contributed by atoms with E-state index in [1.807, 2.05) is 37.3 Å². The minimum absolute atomic E-state index is 0.550. The van der Waals surface area contributed by atoms with Crippen molar-refractivity contribution in [2.24, 2.45) is 0 Å². The normalized spacial score (nSPS) is 10.9. The Labute approximate surface area is 157 Å². The molecule has 130 valence electrons. The van der Waals surface area contributed by atoms with E-state index in [1.165, 1.54) is 5.69 Å². The number of hydrogen-bond acceptors (Lipinski definition) is 3. The third-order valence-corrected chi connectivity index (χ3v) is 4.65. The lowest BCUT2D eigenvalue weighted by Crippen LogP contribution is -2.03. The number of benzene rings is 1. The molecule has 0 aliphatic rings. The molecule has 2 heterocycles. The molecule has 1 aromatic carbocycles. The third kappa shape index (κ3) is 3.80. The molecule has 0 aliphatic heterocycles. The van der Waals surface area contributed by atoms with Gasteiger partial charge < -0.3 is 9.88 Å². The van der Waals surface area contributed by atoms with Gasteiger partial charge in [0.05, 0.1) is 10.7 Å². The Kier molecular flexibility index (Phi) is 5.30. The number of rotatable bonds is 5. The van der Waals surface area contributed by atoms with Gasteiger partial charge in [0.15, 0.2) is 0 Å². The van der Waals surface area contributed by atoms with Crippen molar-refractivity contribution in [3.8, 4) is 11.4 Å². The lowest BCUT2D eigenvalue weighted by atomic mass is 10.2. The molecule has 0 aliphatic carbocycles. The molecule has 6 heteroatoms. The molecule has 0 fully saturated rings. The van der Waals surface area contributed by atoms with Gasteiger partial charge in [-0.25, -0.2) is 9.97 Å². The van der Waals surface area contributed by atoms with Crippen molar-refractivity contribution in [1.82, 2.24) is 14.5 Å². The Morgan fingerprint density at radius 3 is 2.48 bits per heavy atom. The Balaban J connectivity index is 1.92. The van der Waals surface area contributed by atoms with Crippen molar-refractivity contribution >= 4 is 34.7 Å². The Hall–Kier alpha value is -2.04. The summed E-state index contributed by atoms with van der Waals surface area (Å²) in [7, 11) is 0. The molecule has 0 saturated carbocycles. The molecule has 0 atom stereocenters. The Morgan fingerprint density at radius 2 is 1.84 bits per heavy atom. The smallest absolute Gasteiger partial charge is 0.149 e. The largest absolute Gasteiger partial charge is 0.339 e. The highest BCUT2D eigenvalue weighted by atomic mass is 35.5. The van der Waals surface area contributed by atoms with Gasteiger partial charge in [0.1, 0.15) is 11.6 Å². The first-order valence-electron chi connectivity index (χ1n) is 8.21. The number of nitrogens with one attached hydrogen (secondary N) is 1. The molecule has 0 amide bonds. The first-order chi connectivity index (χ1) is 12.0. The monoisotopic (exact) mass is 374 g/mol. The molecule has 0 saturated heterocycles. The highest BCUT2D eigenvalue weighted by Crippen LogP contribution is 2.29. The van der Waals surface area contributed by atoms with Gasteiger partial charge >= 0.3 is 0 Å². The van der Waals surface area contributed by atoms with Gasteiger partial charge in [0.25, 0.3) is 0 Å². The fourth-order valence-corrected chi connectivity index (χ4v) is 3.03. The van der Waals surface area contributed by atoms with Crippen LogP contribution in [0, 0.1) is 13.8 Å². The second kappa shape index (κ2) is 7.46. The average Bonchev–Trinajstić information content (AvgIpc) is 2.87. The van der Waals surface area contributed by atoms with Crippen LogP contribution in [0.25, 0.3) is 11.4 Å². The van der Waals surface area contributed by atoms with E-state index < -0.39 is 0 Å². The second-order valence-electron chi connectivity index (χ2n) is 5.94. The number of pyridine rings is 1. The number of aryl methyl sites for hydroxylation is 1. The van der Waals surface area contributed by atoms with E-state index in [1.54, 1.807) is 6.20 Å². The summed E-state index contributed by atoms with van der Waals surface area (Å²) in [6.07, 6.45) is 2.85. The molecule has 1 N–H and O–H groups in total. The molecule has 0 unspecified atom stereocenters. The van der Waals surface area contributed by atoms with Crippen molar-refractivity contribution < 1.29 is 0 Å². The van der Waals surface area contributed by atoms with Crippen LogP contribution in [0.3, 0.4) is 0 Å². The number of hydrogen-bond donors (Lipinski definition) is 1. The molecule has 3 rings (SSSR count). The summed E-state index contributed by atoms with van der Waals surface area (Å²) in [5.74, 6) is 1.51. The molecule has 0 bridgehead atoms. The predicted molar refractivity (Wildman–Crippen MR) is 105 cm³/mol. The molecule has 0 radical (unpaired) electrons. The summed E-state index contributed by atoms with van der Waals surface area (Å²) in [6.45, 7) is 7.19. The van der Waals surface area contributed by atoms with Crippen LogP contribution in [0.4, 0.5) is 11.5 Å². The zero-order valence-electron chi connectivity index (χ0n) is 14.5. The second-order valence-corrected chi connectivity index (χ2v) is 6.79. The van der Waals surface area contributed by atoms with Crippen LogP contribution in [-0.4, -0.2) is 14.5 Å². The van der Waals surface area contributed by atoms with Crippen LogP contribution in [-0.2, 0) is 6.54 Å². The van der Waals surface area contributed by atoms with Crippen molar-refractivity contribution in [3.63, 3.8) is 0 Å². The van der Waals surface area contributed by atoms with Gasteiger partial charge in [-0.1, -0.05) is 30.1 Å². The number of halogens is 2. The molecular weight excluding hydrogens is 355 g/mol. The summed E-state index contributed by atoms with van der Waals surface area (Å²) in [5, 5.41) is 4.44. The maximum atomic E-state index is 6.45. The van der Waals surface area contributed by atoms with Crippen LogP contribution >= 0.6 is 23.2 Å². The van der Waals surface area contributed by atoms with Crippen LogP contribution in [0.5, 0.6) is 0 Å². The highest BCUT2D eigenvalue weighted by molar-refractivity contribution is 6.33. The van der Waals surface area contributed by atoms with E-state index >= 15 is 0 Å². The predicted octanol–water partition coefficient (Wildman–Crippen LogP) is 6.02. The maximum absolute atomic E-state index is 6.45. The molecule has 3 aromatic rings. The molecule has 2 aromatic heterocycles. The van der Waals surface area contributed by atoms with E-state index in [0.717, 1.165) is 35.7 Å². The van der Waals surface area contributed by atoms with Gasteiger partial charge in [0.2, 0.25) is 0 Å². The van der Waals surface area contributed by atoms with Gasteiger partial charge in [0, 0.05) is 34.7 Å². The molecule has 25 heavy (non-hydrogen) atoms. The van der Waals surface area contributed by atoms with E-state index in [4.69, 9.17) is 28.2 Å². The minimum Gasteiger partial charge on any atom is -0.339 e. The van der Waals surface area contributed by atoms with E-state index in [0.29, 0.717) is 15.9 Å². The lowest BCUT2D eigenvalue weighted by molar-refractivity contribution is 0.667. The number of anilines is 2. The van der Waals surface area contributed by atoms with E-state index in [9.17, 15) is 0 Å². The quantitative estimate of drug-likeness (QED) is 0.593. The van der Waals surface area contributed by atoms with Crippen LogP contribution < -0.4 is 5.32 Å². The van der Waals surface area contributed by atoms with Crippen molar-refractivity contribution in [2.45, 2.75) is 33.7 Å². The van der Waals surface area contributed by atoms with Crippen LogP contribution in [0.1, 0.15) is 24.7 Å². The Bertz CT molecular complexity index is 885. The number of aromatic nitrogens is 3. The van der Waals surface area contributed by atoms with Gasteiger partial charge in [-0.15, -0.1) is 0 Å². The van der Waals surface area contributed by atoms with E-state index in [2.05, 4.69) is 28.7 Å². The summed E-state index contributed by atoms with van der Waals surface area (Å²) in [4.78, 5) is 9.18. The van der Waals surface area contributed by atoms with Gasteiger partial charge in [-0.05, 0) is 50.6 Å². The first-order valence-corrected chi connectivity index (χ1v) is 8.97. The minimum atomic E-state index is 0.550. The molecular formula is C19H20Cl2N4. The van der Waals surface area contributed by atoms with Crippen molar-refractivity contribution in [2.75, 3.05) is 5.32 Å². The SMILES string of the molecule is CCCn1c(-c2cnc(Nc3ccc(Cl)cc3)c(Cl)c2)nc(C)c1C. The van der Waals surface area contributed by atoms with E-state index in [-0.39, 0.29) is 0 Å². The number of nitrogens with zero attached hydrogens (tertiary/aromatic N) is 3. The summed E-state index contributed by atoms with van der Waals surface area (Å²) >= 11 is 12.4. The third-order valence-electron chi connectivity index (χ3n) is 4.11. The van der Waals surface area contributed by atoms with Crippen LogP contribution in [0.15, 0.2) is 36.5 Å². The number of imidazole rings is 1. The average molecular weight is 375 g/mol. The fraction of sp³-hybridized carbons (Fsp3) is 0.263. The summed E-state index contributed by atoms with van der Waals surface area (Å²) in [5.41, 5.74) is 4.00. The summed E-state index contributed by atoms with van der Waals surface area (Å²) in [6, 6.07) is 9.31. The zero-order valence-corrected chi connectivity index (χ0v) is 16.0. The topological polar surface area (TPSA) is 42.7 Å². The highest BCUT2D eigenvalue weighted by Gasteiger charge is 2.14. The van der Waals surface area contributed by atoms with Crippen molar-refractivity contribution in [3.05, 3.63) is 58.0 Å². The zero-order chi connectivity index (χ0) is 18.0. The first kappa shape index (κ1) is 17.8. The van der Waals surface area contributed by atoms with Gasteiger partial charge in [-0.2, -0.15) is 0 Å². The Morgan fingerprint density at radius 1 is 1.12 bits per heavy atom. The maximum Gasteiger partial charge on any atom is 0.149 e. The molecule has 0 spiro atoms. The standard InChI is InChI=1S/C19H20Cl2N4/c1-4-9-25-13(3)12(2)23-19(25)14-10-17(21)18(22-11-14)24-16-7-5-15(20)6-8-16/h5-8,10-11H,4,9H2,1-3H3,(H,22,24). The lowest BCUT2D eigenvalue weighted by Gasteiger charge is -2.11. The fourth-order valence-electron chi connectivity index (χ4n) is 2.69. The van der Waals surface area contributed by atoms with Crippen molar-refractivity contribution in [1.29, 1.82) is 0 Å². The van der Waals surface area contributed by atoms with Gasteiger partial charge in [-0.3, -0.25) is 0 Å². The summed E-state index contributed by atoms with van der Waals surface area (Å²) < 4.78 is 2.22.